The van der Waals surface area contributed by atoms with Crippen molar-refractivity contribution in [2.24, 2.45) is 0 Å². The van der Waals surface area contributed by atoms with E-state index in [2.05, 4.69) is 30.9 Å². The van der Waals surface area contributed by atoms with Crippen LogP contribution in [0.1, 0.15) is 22.5 Å². The lowest BCUT2D eigenvalue weighted by Gasteiger charge is -2.31. The minimum Gasteiger partial charge on any atom is -0.495 e. The molecule has 4 aromatic rings. The molecular formula is C27H31N9O3. The van der Waals surface area contributed by atoms with Crippen LogP contribution >= 0.6 is 0 Å². The van der Waals surface area contributed by atoms with Crippen LogP contribution in [-0.4, -0.2) is 78.0 Å². The van der Waals surface area contributed by atoms with Crippen molar-refractivity contribution in [3.63, 3.8) is 0 Å². The van der Waals surface area contributed by atoms with Gasteiger partial charge in [0.2, 0.25) is 11.9 Å². The third kappa shape index (κ3) is 5.32. The SMILES string of the molecule is CNC(=O)c1ncccc1Nc1nc(Nc2cc3c(cc2OC)CCCN3C(=O)CN(C)C)nc2[nH]ccc12. The summed E-state index contributed by atoms with van der Waals surface area (Å²) in [6, 6.07) is 9.23. The summed E-state index contributed by atoms with van der Waals surface area (Å²) in [6.07, 6.45) is 5.07. The van der Waals surface area contributed by atoms with Crippen LogP contribution in [0.15, 0.2) is 42.7 Å². The van der Waals surface area contributed by atoms with Crippen molar-refractivity contribution in [1.29, 1.82) is 0 Å². The van der Waals surface area contributed by atoms with E-state index in [0.717, 1.165) is 29.5 Å². The number of pyridine rings is 1. The van der Waals surface area contributed by atoms with E-state index in [1.165, 1.54) is 0 Å². The molecule has 0 spiro atoms. The maximum atomic E-state index is 13.0. The van der Waals surface area contributed by atoms with E-state index < -0.39 is 0 Å². The Labute approximate surface area is 225 Å². The Morgan fingerprint density at radius 1 is 1.15 bits per heavy atom. The molecule has 4 N–H and O–H groups in total. The number of rotatable bonds is 8. The number of likely N-dealkylation sites (N-methyl/N-ethyl adjacent to an activating group) is 1. The standard InChI is InChI=1S/C27H31N9O3/c1-28-26(38)23-18(8-5-10-29-23)31-25-17-9-11-30-24(17)33-27(34-25)32-19-14-20-16(13-21(19)39-4)7-6-12-36(20)22(37)15-35(2)3/h5,8-11,13-14H,6-7,12,15H2,1-4H3,(H,28,38)(H3,30,31,32,33,34). The summed E-state index contributed by atoms with van der Waals surface area (Å²) in [5.74, 6) is 1.13. The number of methoxy groups -OCH3 is 1. The number of hydrogen-bond acceptors (Lipinski definition) is 9. The van der Waals surface area contributed by atoms with Crippen molar-refractivity contribution >= 4 is 51.7 Å². The minimum atomic E-state index is -0.317. The van der Waals surface area contributed by atoms with Crippen LogP contribution in [0.4, 0.5) is 28.8 Å². The second-order valence-electron chi connectivity index (χ2n) is 9.43. The average molecular weight is 530 g/mol. The first-order chi connectivity index (χ1) is 18.9. The molecule has 3 aromatic heterocycles. The number of aryl methyl sites for hydroxylation is 1. The number of hydrogen-bond donors (Lipinski definition) is 4. The van der Waals surface area contributed by atoms with Gasteiger partial charge in [0.1, 0.15) is 17.2 Å². The number of nitrogens with zero attached hydrogens (tertiary/aromatic N) is 5. The van der Waals surface area contributed by atoms with Gasteiger partial charge in [0.25, 0.3) is 5.91 Å². The number of fused-ring (bicyclic) bond motifs is 2. The molecular weight excluding hydrogens is 498 g/mol. The van der Waals surface area contributed by atoms with Crippen LogP contribution in [0, 0.1) is 0 Å². The van der Waals surface area contributed by atoms with Crippen LogP contribution in [-0.2, 0) is 11.2 Å². The number of carbonyl (C=O) groups excluding carboxylic acids is 2. The number of anilines is 5. The topological polar surface area (TPSA) is 140 Å². The molecule has 12 nitrogen and oxygen atoms in total. The number of H-pyrrole nitrogens is 1. The minimum absolute atomic E-state index is 0.0380. The van der Waals surface area contributed by atoms with Gasteiger partial charge in [-0.25, -0.2) is 4.98 Å². The number of amides is 2. The molecule has 39 heavy (non-hydrogen) atoms. The lowest BCUT2D eigenvalue weighted by molar-refractivity contribution is -0.119. The van der Waals surface area contributed by atoms with E-state index in [-0.39, 0.29) is 17.5 Å². The third-order valence-corrected chi connectivity index (χ3v) is 6.44. The predicted octanol–water partition coefficient (Wildman–Crippen LogP) is 3.05. The van der Waals surface area contributed by atoms with E-state index in [1.807, 2.05) is 42.1 Å². The fraction of sp³-hybridized carbons (Fsp3) is 0.296. The summed E-state index contributed by atoms with van der Waals surface area (Å²) in [5.41, 5.74) is 3.88. The Morgan fingerprint density at radius 2 is 2.00 bits per heavy atom. The molecule has 1 aliphatic heterocycles. The molecule has 1 aromatic carbocycles. The Bertz CT molecular complexity index is 1530. The fourth-order valence-electron chi connectivity index (χ4n) is 4.64. The van der Waals surface area contributed by atoms with E-state index in [9.17, 15) is 9.59 Å². The second kappa shape index (κ2) is 11.0. The summed E-state index contributed by atoms with van der Waals surface area (Å²) in [7, 11) is 6.92. The van der Waals surface area contributed by atoms with Gasteiger partial charge in [-0.15, -0.1) is 0 Å². The largest absolute Gasteiger partial charge is 0.495 e. The normalized spacial score (nSPS) is 12.8. The summed E-state index contributed by atoms with van der Waals surface area (Å²) < 4.78 is 5.69. The molecule has 0 fully saturated rings. The smallest absolute Gasteiger partial charge is 0.271 e. The first-order valence-corrected chi connectivity index (χ1v) is 12.6. The third-order valence-electron chi connectivity index (χ3n) is 6.44. The van der Waals surface area contributed by atoms with Crippen molar-refractivity contribution in [2.45, 2.75) is 12.8 Å². The van der Waals surface area contributed by atoms with Crippen LogP contribution < -0.4 is 25.6 Å². The highest BCUT2D eigenvalue weighted by Gasteiger charge is 2.25. The van der Waals surface area contributed by atoms with Crippen molar-refractivity contribution < 1.29 is 14.3 Å². The molecule has 0 radical (unpaired) electrons. The zero-order valence-corrected chi connectivity index (χ0v) is 22.3. The highest BCUT2D eigenvalue weighted by Crippen LogP contribution is 2.38. The van der Waals surface area contributed by atoms with Gasteiger partial charge < -0.3 is 35.5 Å². The van der Waals surface area contributed by atoms with Crippen molar-refractivity contribution in [2.75, 3.05) is 56.9 Å². The molecule has 0 aliphatic carbocycles. The number of benzene rings is 1. The Balaban J connectivity index is 1.52. The average Bonchev–Trinajstić information content (AvgIpc) is 3.41. The van der Waals surface area contributed by atoms with Gasteiger partial charge in [-0.2, -0.15) is 9.97 Å². The fourth-order valence-corrected chi connectivity index (χ4v) is 4.64. The predicted molar refractivity (Wildman–Crippen MR) is 150 cm³/mol. The number of ether oxygens (including phenoxy) is 1. The van der Waals surface area contributed by atoms with E-state index >= 15 is 0 Å². The summed E-state index contributed by atoms with van der Waals surface area (Å²) >= 11 is 0. The van der Waals surface area contributed by atoms with Crippen LogP contribution in [0.5, 0.6) is 5.75 Å². The molecule has 4 heterocycles. The molecule has 0 saturated carbocycles. The number of carbonyl (C=O) groups is 2. The lowest BCUT2D eigenvalue weighted by atomic mass is 10.00. The second-order valence-corrected chi connectivity index (χ2v) is 9.43. The lowest BCUT2D eigenvalue weighted by Crippen LogP contribution is -2.40. The van der Waals surface area contributed by atoms with Gasteiger partial charge in [0.15, 0.2) is 5.69 Å². The molecule has 0 saturated heterocycles. The molecule has 5 rings (SSSR count). The molecule has 0 atom stereocenters. The van der Waals surface area contributed by atoms with Gasteiger partial charge in [0.05, 0.1) is 30.4 Å². The van der Waals surface area contributed by atoms with Gasteiger partial charge in [-0.3, -0.25) is 9.59 Å². The maximum Gasteiger partial charge on any atom is 0.271 e. The van der Waals surface area contributed by atoms with Gasteiger partial charge in [-0.1, -0.05) is 0 Å². The Hall–Kier alpha value is -4.71. The summed E-state index contributed by atoms with van der Waals surface area (Å²) in [6.45, 7) is 0.978. The van der Waals surface area contributed by atoms with Gasteiger partial charge in [-0.05, 0) is 62.8 Å². The number of aromatic amines is 1. The molecule has 0 bridgehead atoms. The monoisotopic (exact) mass is 529 g/mol. The first kappa shape index (κ1) is 25.9. The van der Waals surface area contributed by atoms with Gasteiger partial charge >= 0.3 is 0 Å². The maximum absolute atomic E-state index is 13.0. The highest BCUT2D eigenvalue weighted by molar-refractivity contribution is 6.00. The van der Waals surface area contributed by atoms with Crippen molar-refractivity contribution in [1.82, 2.24) is 30.2 Å². The van der Waals surface area contributed by atoms with Gasteiger partial charge in [0, 0.05) is 31.7 Å². The van der Waals surface area contributed by atoms with E-state index in [4.69, 9.17) is 9.72 Å². The molecule has 1 aliphatic rings. The van der Waals surface area contributed by atoms with Crippen molar-refractivity contribution in [3.05, 3.63) is 54.0 Å². The summed E-state index contributed by atoms with van der Waals surface area (Å²) in [4.78, 5) is 45.7. The molecule has 202 valence electrons. The quantitative estimate of drug-likeness (QED) is 0.271. The Kier molecular flexibility index (Phi) is 7.28. The first-order valence-electron chi connectivity index (χ1n) is 12.6. The zero-order chi connectivity index (χ0) is 27.5. The number of aromatic nitrogens is 4. The Morgan fingerprint density at radius 3 is 2.77 bits per heavy atom. The highest BCUT2D eigenvalue weighted by atomic mass is 16.5. The van der Waals surface area contributed by atoms with E-state index in [1.54, 1.807) is 38.7 Å². The summed E-state index contributed by atoms with van der Waals surface area (Å²) in [5, 5.41) is 9.87. The van der Waals surface area contributed by atoms with Crippen LogP contribution in [0.3, 0.4) is 0 Å². The zero-order valence-electron chi connectivity index (χ0n) is 22.3. The van der Waals surface area contributed by atoms with Crippen LogP contribution in [0.25, 0.3) is 11.0 Å². The number of nitrogens with one attached hydrogen (secondary N) is 4. The van der Waals surface area contributed by atoms with E-state index in [0.29, 0.717) is 47.6 Å². The molecule has 0 unspecified atom stereocenters. The van der Waals surface area contributed by atoms with Crippen LogP contribution in [0.2, 0.25) is 0 Å². The van der Waals surface area contributed by atoms with Crippen molar-refractivity contribution in [3.8, 4) is 5.75 Å². The molecule has 12 heteroatoms. The molecule has 2 amide bonds.